The SMILES string of the molecule is CC(C)=C[C@H]1[C@@H](C(=O)Nc2nc3c(s2)CCCC3)C1(C)C. The second kappa shape index (κ2) is 5.24. The van der Waals surface area contributed by atoms with E-state index in [1.165, 1.54) is 29.0 Å². The molecule has 1 amide bonds. The summed E-state index contributed by atoms with van der Waals surface area (Å²) < 4.78 is 0. The van der Waals surface area contributed by atoms with E-state index in [1.807, 2.05) is 0 Å². The molecular formula is C17H24N2OS. The molecule has 1 N–H and O–H groups in total. The first-order chi connectivity index (χ1) is 9.89. The average molecular weight is 304 g/mol. The van der Waals surface area contributed by atoms with Gasteiger partial charge in [-0.1, -0.05) is 25.5 Å². The van der Waals surface area contributed by atoms with Crippen LogP contribution in [0.1, 0.15) is 51.1 Å². The number of hydrogen-bond donors (Lipinski definition) is 1. The van der Waals surface area contributed by atoms with Gasteiger partial charge in [0.2, 0.25) is 5.91 Å². The Labute approximate surface area is 130 Å². The topological polar surface area (TPSA) is 42.0 Å². The molecule has 2 aliphatic rings. The Balaban J connectivity index is 1.70. The summed E-state index contributed by atoms with van der Waals surface area (Å²) in [5, 5.41) is 3.86. The zero-order valence-corrected chi connectivity index (χ0v) is 14.1. The number of fused-ring (bicyclic) bond motifs is 1. The maximum absolute atomic E-state index is 12.5. The molecule has 4 heteroatoms. The fourth-order valence-electron chi connectivity index (χ4n) is 3.44. The number of nitrogens with one attached hydrogen (secondary N) is 1. The van der Waals surface area contributed by atoms with Crippen molar-refractivity contribution in [2.45, 2.75) is 53.4 Å². The Morgan fingerprint density at radius 1 is 1.33 bits per heavy atom. The summed E-state index contributed by atoms with van der Waals surface area (Å²) >= 11 is 1.67. The zero-order valence-electron chi connectivity index (χ0n) is 13.3. The number of aryl methyl sites for hydroxylation is 2. The van der Waals surface area contributed by atoms with Crippen molar-refractivity contribution in [2.75, 3.05) is 5.32 Å². The molecule has 21 heavy (non-hydrogen) atoms. The fourth-order valence-corrected chi connectivity index (χ4v) is 4.49. The van der Waals surface area contributed by atoms with Gasteiger partial charge in [-0.2, -0.15) is 0 Å². The van der Waals surface area contributed by atoms with E-state index in [4.69, 9.17) is 0 Å². The minimum absolute atomic E-state index is 0.0677. The predicted molar refractivity (Wildman–Crippen MR) is 87.6 cm³/mol. The lowest BCUT2D eigenvalue weighted by Crippen LogP contribution is -2.16. The Bertz CT molecular complexity index is 572. The number of carbonyl (C=O) groups is 1. The molecule has 0 bridgehead atoms. The summed E-state index contributed by atoms with van der Waals surface area (Å²) in [6.45, 7) is 8.54. The molecule has 3 nitrogen and oxygen atoms in total. The molecule has 3 rings (SSSR count). The van der Waals surface area contributed by atoms with Gasteiger partial charge in [0.15, 0.2) is 5.13 Å². The Morgan fingerprint density at radius 3 is 2.71 bits per heavy atom. The van der Waals surface area contributed by atoms with Gasteiger partial charge in [-0.25, -0.2) is 4.98 Å². The standard InChI is InChI=1S/C17H24N2OS/c1-10(2)9-11-14(17(11,3)4)15(20)19-16-18-12-7-5-6-8-13(12)21-16/h9,11,14H,5-8H2,1-4H3,(H,18,19,20)/t11-,14-/m0/s1. The van der Waals surface area contributed by atoms with E-state index in [-0.39, 0.29) is 17.2 Å². The van der Waals surface area contributed by atoms with Crippen molar-refractivity contribution in [3.05, 3.63) is 22.2 Å². The van der Waals surface area contributed by atoms with Crippen LogP contribution in [0.2, 0.25) is 0 Å². The molecule has 2 aliphatic carbocycles. The number of anilines is 1. The highest BCUT2D eigenvalue weighted by Gasteiger charge is 2.60. The third kappa shape index (κ3) is 2.78. The molecule has 1 saturated carbocycles. The highest BCUT2D eigenvalue weighted by Crippen LogP contribution is 2.59. The minimum Gasteiger partial charge on any atom is -0.302 e. The lowest BCUT2D eigenvalue weighted by molar-refractivity contribution is -0.118. The van der Waals surface area contributed by atoms with Crippen LogP contribution in [0.4, 0.5) is 5.13 Å². The molecule has 2 atom stereocenters. The van der Waals surface area contributed by atoms with Gasteiger partial charge in [-0.05, 0) is 50.9 Å². The molecule has 1 heterocycles. The van der Waals surface area contributed by atoms with Crippen molar-refractivity contribution in [3.8, 4) is 0 Å². The van der Waals surface area contributed by atoms with E-state index in [0.29, 0.717) is 5.92 Å². The van der Waals surface area contributed by atoms with Crippen molar-refractivity contribution >= 4 is 22.4 Å². The summed E-state index contributed by atoms with van der Waals surface area (Å²) in [4.78, 5) is 18.5. The molecule has 0 radical (unpaired) electrons. The second-order valence-corrected chi connectivity index (χ2v) is 8.24. The first-order valence-corrected chi connectivity index (χ1v) is 8.65. The number of nitrogens with zero attached hydrogens (tertiary/aromatic N) is 1. The monoisotopic (exact) mass is 304 g/mol. The van der Waals surface area contributed by atoms with Gasteiger partial charge in [0, 0.05) is 4.88 Å². The number of aromatic nitrogens is 1. The van der Waals surface area contributed by atoms with Gasteiger partial charge >= 0.3 is 0 Å². The molecule has 0 unspecified atom stereocenters. The Hall–Kier alpha value is -1.16. The van der Waals surface area contributed by atoms with Gasteiger partial charge in [-0.15, -0.1) is 11.3 Å². The number of amides is 1. The quantitative estimate of drug-likeness (QED) is 0.850. The van der Waals surface area contributed by atoms with Crippen LogP contribution >= 0.6 is 11.3 Å². The molecule has 1 aromatic heterocycles. The third-order valence-electron chi connectivity index (χ3n) is 4.78. The van der Waals surface area contributed by atoms with Crippen molar-refractivity contribution in [1.82, 2.24) is 4.98 Å². The molecule has 0 spiro atoms. The molecule has 1 aromatic rings. The maximum Gasteiger partial charge on any atom is 0.230 e. The normalized spacial score (nSPS) is 25.9. The van der Waals surface area contributed by atoms with Crippen LogP contribution in [-0.4, -0.2) is 10.9 Å². The van der Waals surface area contributed by atoms with Crippen LogP contribution in [0, 0.1) is 17.3 Å². The van der Waals surface area contributed by atoms with Crippen LogP contribution in [0.3, 0.4) is 0 Å². The first kappa shape index (κ1) is 14.8. The highest BCUT2D eigenvalue weighted by atomic mass is 32.1. The second-order valence-electron chi connectivity index (χ2n) is 7.15. The van der Waals surface area contributed by atoms with Crippen molar-refractivity contribution < 1.29 is 4.79 Å². The zero-order chi connectivity index (χ0) is 15.2. The van der Waals surface area contributed by atoms with E-state index in [0.717, 1.165) is 18.0 Å². The van der Waals surface area contributed by atoms with E-state index < -0.39 is 0 Å². The summed E-state index contributed by atoms with van der Waals surface area (Å²) in [5.41, 5.74) is 2.56. The lowest BCUT2D eigenvalue weighted by Gasteiger charge is -2.06. The van der Waals surface area contributed by atoms with Crippen LogP contribution in [0.25, 0.3) is 0 Å². The predicted octanol–water partition coefficient (Wildman–Crippen LogP) is 4.20. The van der Waals surface area contributed by atoms with Gasteiger partial charge < -0.3 is 5.32 Å². The van der Waals surface area contributed by atoms with Crippen LogP contribution in [-0.2, 0) is 17.6 Å². The number of hydrogen-bond acceptors (Lipinski definition) is 3. The molecule has 114 valence electrons. The summed E-state index contributed by atoms with van der Waals surface area (Å²) in [6, 6.07) is 0. The van der Waals surface area contributed by atoms with Crippen molar-refractivity contribution in [3.63, 3.8) is 0 Å². The summed E-state index contributed by atoms with van der Waals surface area (Å²) in [6.07, 6.45) is 6.90. The van der Waals surface area contributed by atoms with E-state index in [9.17, 15) is 4.79 Å². The molecule has 0 aliphatic heterocycles. The van der Waals surface area contributed by atoms with Gasteiger partial charge in [0.1, 0.15) is 0 Å². The Kier molecular flexibility index (Phi) is 3.68. The average Bonchev–Trinajstić information content (AvgIpc) is 2.77. The van der Waals surface area contributed by atoms with Crippen molar-refractivity contribution in [1.29, 1.82) is 0 Å². The smallest absolute Gasteiger partial charge is 0.230 e. The molecular weight excluding hydrogens is 280 g/mol. The van der Waals surface area contributed by atoms with Gasteiger partial charge in [0.25, 0.3) is 0 Å². The minimum atomic E-state index is 0.0677. The third-order valence-corrected chi connectivity index (χ3v) is 5.85. The van der Waals surface area contributed by atoms with Gasteiger partial charge in [-0.3, -0.25) is 4.79 Å². The summed E-state index contributed by atoms with van der Waals surface area (Å²) in [7, 11) is 0. The number of allylic oxidation sites excluding steroid dienone is 2. The van der Waals surface area contributed by atoms with Crippen LogP contribution in [0.15, 0.2) is 11.6 Å². The maximum atomic E-state index is 12.5. The van der Waals surface area contributed by atoms with Gasteiger partial charge in [0.05, 0.1) is 11.6 Å². The van der Waals surface area contributed by atoms with E-state index in [1.54, 1.807) is 11.3 Å². The van der Waals surface area contributed by atoms with Crippen LogP contribution in [0.5, 0.6) is 0 Å². The molecule has 1 fully saturated rings. The lowest BCUT2D eigenvalue weighted by atomic mass is 10.0. The Morgan fingerprint density at radius 2 is 2.05 bits per heavy atom. The number of rotatable bonds is 3. The van der Waals surface area contributed by atoms with Crippen LogP contribution < -0.4 is 5.32 Å². The number of carbonyl (C=O) groups excluding carboxylic acids is 1. The molecule has 0 aromatic carbocycles. The highest BCUT2D eigenvalue weighted by molar-refractivity contribution is 7.15. The summed E-state index contributed by atoms with van der Waals surface area (Å²) in [5.74, 6) is 0.569. The number of thiazole rings is 1. The van der Waals surface area contributed by atoms with Crippen molar-refractivity contribution in [2.24, 2.45) is 17.3 Å². The fraction of sp³-hybridized carbons (Fsp3) is 0.647. The van der Waals surface area contributed by atoms with E-state index in [2.05, 4.69) is 44.1 Å². The largest absolute Gasteiger partial charge is 0.302 e. The molecule has 0 saturated heterocycles. The van der Waals surface area contributed by atoms with E-state index >= 15 is 0 Å². The first-order valence-electron chi connectivity index (χ1n) is 7.84.